The number of nitrogens with zero attached hydrogens (tertiary/aromatic N) is 2. The Hall–Kier alpha value is -1.81. The first-order valence-corrected chi connectivity index (χ1v) is 5.76. The average Bonchev–Trinajstić information content (AvgIpc) is 2.93. The van der Waals surface area contributed by atoms with Crippen molar-refractivity contribution >= 4 is 0 Å². The van der Waals surface area contributed by atoms with Crippen molar-refractivity contribution in [2.45, 2.75) is 12.6 Å². The van der Waals surface area contributed by atoms with Crippen LogP contribution in [-0.4, -0.2) is 16.4 Å². The van der Waals surface area contributed by atoms with Crippen molar-refractivity contribution in [2.24, 2.45) is 7.05 Å². The summed E-state index contributed by atoms with van der Waals surface area (Å²) in [6.07, 6.45) is 1.95. The lowest BCUT2D eigenvalue weighted by molar-refractivity contribution is 0.310. The van der Waals surface area contributed by atoms with Crippen LogP contribution in [0.1, 0.15) is 17.3 Å². The molecule has 1 atom stereocenters. The number of nitrogens with one attached hydrogen (secondary N) is 1. The number of hydrogen-bond acceptors (Lipinski definition) is 3. The summed E-state index contributed by atoms with van der Waals surface area (Å²) in [6, 6.07) is 10.5. The summed E-state index contributed by atoms with van der Waals surface area (Å²) < 4.78 is 7.43. The van der Waals surface area contributed by atoms with E-state index in [0.29, 0.717) is 6.61 Å². The van der Waals surface area contributed by atoms with Gasteiger partial charge in [-0.05, 0) is 12.1 Å². The van der Waals surface area contributed by atoms with Gasteiger partial charge in [0.1, 0.15) is 12.4 Å². The lowest BCUT2D eigenvalue weighted by atomic mass is 10.1. The zero-order chi connectivity index (χ0) is 11.7. The van der Waals surface area contributed by atoms with Crippen molar-refractivity contribution < 1.29 is 4.74 Å². The normalized spacial score (nSPS) is 17.8. The molecule has 0 bridgehead atoms. The van der Waals surface area contributed by atoms with Gasteiger partial charge in [-0.2, -0.15) is 5.10 Å². The van der Waals surface area contributed by atoms with Crippen molar-refractivity contribution in [1.82, 2.24) is 15.1 Å². The van der Waals surface area contributed by atoms with Crippen molar-refractivity contribution in [3.63, 3.8) is 0 Å². The Bertz CT molecular complexity index is 521. The highest BCUT2D eigenvalue weighted by molar-refractivity contribution is 5.39. The molecule has 1 aromatic carbocycles. The second-order valence-electron chi connectivity index (χ2n) is 4.26. The summed E-state index contributed by atoms with van der Waals surface area (Å²) in [5.74, 6) is 0.992. The Kier molecular flexibility index (Phi) is 2.57. The van der Waals surface area contributed by atoms with Crippen LogP contribution in [0.5, 0.6) is 5.75 Å². The second kappa shape index (κ2) is 4.22. The van der Waals surface area contributed by atoms with E-state index in [2.05, 4.69) is 16.5 Å². The Morgan fingerprint density at radius 3 is 3.12 bits per heavy atom. The molecule has 17 heavy (non-hydrogen) atoms. The molecule has 0 amide bonds. The molecular weight excluding hydrogens is 214 g/mol. The SMILES string of the molecule is Cn1ccc(CNC2COc3ccccc32)n1. The Balaban J connectivity index is 1.68. The van der Waals surface area contributed by atoms with Gasteiger partial charge in [0.25, 0.3) is 0 Å². The minimum Gasteiger partial charge on any atom is -0.491 e. The maximum Gasteiger partial charge on any atom is 0.124 e. The molecule has 0 spiro atoms. The molecule has 2 heterocycles. The minimum atomic E-state index is 0.271. The van der Waals surface area contributed by atoms with E-state index in [1.54, 1.807) is 0 Å². The third kappa shape index (κ3) is 2.03. The third-order valence-corrected chi connectivity index (χ3v) is 3.00. The first kappa shape index (κ1) is 10.4. The van der Waals surface area contributed by atoms with Crippen LogP contribution >= 0.6 is 0 Å². The summed E-state index contributed by atoms with van der Waals surface area (Å²) in [6.45, 7) is 1.47. The zero-order valence-electron chi connectivity index (χ0n) is 9.76. The van der Waals surface area contributed by atoms with E-state index in [-0.39, 0.29) is 6.04 Å². The minimum absolute atomic E-state index is 0.271. The Morgan fingerprint density at radius 1 is 1.41 bits per heavy atom. The predicted molar refractivity (Wildman–Crippen MR) is 64.7 cm³/mol. The quantitative estimate of drug-likeness (QED) is 0.869. The smallest absolute Gasteiger partial charge is 0.124 e. The molecule has 1 aliphatic heterocycles. The maximum atomic E-state index is 5.62. The van der Waals surface area contributed by atoms with E-state index in [1.807, 2.05) is 42.2 Å². The van der Waals surface area contributed by atoms with E-state index in [4.69, 9.17) is 4.74 Å². The number of aromatic nitrogens is 2. The molecule has 0 saturated heterocycles. The number of para-hydroxylation sites is 1. The Labute approximate surface area is 100 Å². The van der Waals surface area contributed by atoms with Crippen LogP contribution in [0, 0.1) is 0 Å². The molecule has 88 valence electrons. The largest absolute Gasteiger partial charge is 0.491 e. The number of hydrogen-bond donors (Lipinski definition) is 1. The Morgan fingerprint density at radius 2 is 2.29 bits per heavy atom. The number of ether oxygens (including phenoxy) is 1. The zero-order valence-corrected chi connectivity index (χ0v) is 9.76. The van der Waals surface area contributed by atoms with Crippen LogP contribution in [0.25, 0.3) is 0 Å². The molecule has 4 heteroatoms. The summed E-state index contributed by atoms with van der Waals surface area (Å²) in [5, 5.41) is 7.81. The van der Waals surface area contributed by atoms with Crippen molar-refractivity contribution in [3.05, 3.63) is 47.8 Å². The van der Waals surface area contributed by atoms with Crippen LogP contribution in [0.3, 0.4) is 0 Å². The molecule has 1 aromatic heterocycles. The van der Waals surface area contributed by atoms with E-state index < -0.39 is 0 Å². The van der Waals surface area contributed by atoms with Crippen LogP contribution in [0.2, 0.25) is 0 Å². The topological polar surface area (TPSA) is 39.1 Å². The number of aryl methyl sites for hydroxylation is 1. The molecule has 4 nitrogen and oxygen atoms in total. The van der Waals surface area contributed by atoms with Crippen LogP contribution in [-0.2, 0) is 13.6 Å². The summed E-state index contributed by atoms with van der Waals surface area (Å²) in [4.78, 5) is 0. The van der Waals surface area contributed by atoms with Crippen molar-refractivity contribution in [2.75, 3.05) is 6.61 Å². The van der Waals surface area contributed by atoms with E-state index in [0.717, 1.165) is 18.0 Å². The lowest BCUT2D eigenvalue weighted by Gasteiger charge is -2.09. The highest BCUT2D eigenvalue weighted by atomic mass is 16.5. The standard InChI is InChI=1S/C13H15N3O/c1-16-7-6-10(15-16)8-14-12-9-17-13-5-3-2-4-11(12)13/h2-7,12,14H,8-9H2,1H3. The van der Waals surface area contributed by atoms with E-state index >= 15 is 0 Å². The molecular formula is C13H15N3O. The number of benzene rings is 1. The van der Waals surface area contributed by atoms with Crippen LogP contribution in [0.4, 0.5) is 0 Å². The van der Waals surface area contributed by atoms with Crippen LogP contribution < -0.4 is 10.1 Å². The van der Waals surface area contributed by atoms with E-state index in [9.17, 15) is 0 Å². The molecule has 0 saturated carbocycles. The highest BCUT2D eigenvalue weighted by Crippen LogP contribution is 2.31. The number of fused-ring (bicyclic) bond motifs is 1. The molecule has 0 fully saturated rings. The van der Waals surface area contributed by atoms with Gasteiger partial charge in [-0.15, -0.1) is 0 Å². The first-order valence-electron chi connectivity index (χ1n) is 5.76. The molecule has 1 aliphatic rings. The average molecular weight is 229 g/mol. The molecule has 3 rings (SSSR count). The fourth-order valence-electron chi connectivity index (χ4n) is 2.12. The highest BCUT2D eigenvalue weighted by Gasteiger charge is 2.22. The number of rotatable bonds is 3. The van der Waals surface area contributed by atoms with Gasteiger partial charge in [0.2, 0.25) is 0 Å². The van der Waals surface area contributed by atoms with Crippen molar-refractivity contribution in [3.8, 4) is 5.75 Å². The molecule has 0 aliphatic carbocycles. The van der Waals surface area contributed by atoms with Gasteiger partial charge in [0, 0.05) is 25.4 Å². The van der Waals surface area contributed by atoms with Gasteiger partial charge in [-0.3, -0.25) is 4.68 Å². The third-order valence-electron chi connectivity index (χ3n) is 3.00. The maximum absolute atomic E-state index is 5.62. The van der Waals surface area contributed by atoms with Crippen molar-refractivity contribution in [1.29, 1.82) is 0 Å². The fraction of sp³-hybridized carbons (Fsp3) is 0.308. The fourth-order valence-corrected chi connectivity index (χ4v) is 2.12. The second-order valence-corrected chi connectivity index (χ2v) is 4.26. The molecule has 0 radical (unpaired) electrons. The summed E-state index contributed by atoms with van der Waals surface area (Å²) >= 11 is 0. The van der Waals surface area contributed by atoms with Gasteiger partial charge in [0.05, 0.1) is 11.7 Å². The molecule has 2 aromatic rings. The van der Waals surface area contributed by atoms with E-state index in [1.165, 1.54) is 5.56 Å². The van der Waals surface area contributed by atoms with Crippen LogP contribution in [0.15, 0.2) is 36.5 Å². The predicted octanol–water partition coefficient (Wildman–Crippen LogP) is 1.64. The molecule has 1 N–H and O–H groups in total. The monoisotopic (exact) mass is 229 g/mol. The summed E-state index contributed by atoms with van der Waals surface area (Å²) in [5.41, 5.74) is 2.29. The van der Waals surface area contributed by atoms with Gasteiger partial charge >= 0.3 is 0 Å². The molecule has 1 unspecified atom stereocenters. The van der Waals surface area contributed by atoms with Gasteiger partial charge in [0.15, 0.2) is 0 Å². The summed E-state index contributed by atoms with van der Waals surface area (Å²) in [7, 11) is 1.93. The van der Waals surface area contributed by atoms with Gasteiger partial charge < -0.3 is 10.1 Å². The van der Waals surface area contributed by atoms with Gasteiger partial charge in [-0.25, -0.2) is 0 Å². The van der Waals surface area contributed by atoms with Gasteiger partial charge in [-0.1, -0.05) is 18.2 Å². The lowest BCUT2D eigenvalue weighted by Crippen LogP contribution is -2.22. The first-order chi connectivity index (χ1) is 8.33.